The molecule has 0 radical (unpaired) electrons. The van der Waals surface area contributed by atoms with Gasteiger partial charge >= 0.3 is 0 Å². The molecule has 0 bridgehead atoms. The highest BCUT2D eigenvalue weighted by atomic mass is 16.5. The third-order valence-corrected chi connectivity index (χ3v) is 4.52. The molecule has 1 N–H and O–H groups in total. The van der Waals surface area contributed by atoms with E-state index in [4.69, 9.17) is 9.47 Å². The van der Waals surface area contributed by atoms with E-state index in [1.54, 1.807) is 0 Å². The molecule has 0 atom stereocenters. The molecule has 0 amide bonds. The zero-order chi connectivity index (χ0) is 13.8. The standard InChI is InChI=1S/C17H25NO2/c1-2-3-13-19-15-5-4-6-16-14(15)7-8-17(20-16)9-11-18-12-10-17/h4-6,18H,2-3,7-13H2,1H3. The molecule has 1 saturated heterocycles. The maximum Gasteiger partial charge on any atom is 0.127 e. The Hall–Kier alpha value is -1.22. The van der Waals surface area contributed by atoms with Crippen molar-refractivity contribution in [2.24, 2.45) is 0 Å². The summed E-state index contributed by atoms with van der Waals surface area (Å²) in [6.45, 7) is 5.14. The summed E-state index contributed by atoms with van der Waals surface area (Å²) < 4.78 is 12.3. The van der Waals surface area contributed by atoms with Crippen molar-refractivity contribution in [1.29, 1.82) is 0 Å². The summed E-state index contributed by atoms with van der Waals surface area (Å²) in [6.07, 6.45) is 6.72. The molecule has 3 heteroatoms. The lowest BCUT2D eigenvalue weighted by atomic mass is 9.83. The quantitative estimate of drug-likeness (QED) is 0.855. The van der Waals surface area contributed by atoms with Gasteiger partial charge in [0.2, 0.25) is 0 Å². The first-order chi connectivity index (χ1) is 9.83. The van der Waals surface area contributed by atoms with Crippen LogP contribution in [-0.4, -0.2) is 25.3 Å². The predicted molar refractivity (Wildman–Crippen MR) is 80.6 cm³/mol. The summed E-state index contributed by atoms with van der Waals surface area (Å²) in [6, 6.07) is 6.24. The summed E-state index contributed by atoms with van der Waals surface area (Å²) in [5.41, 5.74) is 1.34. The van der Waals surface area contributed by atoms with E-state index in [0.717, 1.165) is 63.3 Å². The molecule has 0 saturated carbocycles. The lowest BCUT2D eigenvalue weighted by Crippen LogP contribution is -2.48. The zero-order valence-electron chi connectivity index (χ0n) is 12.4. The van der Waals surface area contributed by atoms with Crippen molar-refractivity contribution in [1.82, 2.24) is 5.32 Å². The first-order valence-electron chi connectivity index (χ1n) is 7.97. The monoisotopic (exact) mass is 275 g/mol. The van der Waals surface area contributed by atoms with Crippen molar-refractivity contribution in [2.45, 2.75) is 51.0 Å². The van der Waals surface area contributed by atoms with E-state index in [9.17, 15) is 0 Å². The number of benzene rings is 1. The number of fused-ring (bicyclic) bond motifs is 1. The van der Waals surface area contributed by atoms with Gasteiger partial charge in [0.15, 0.2) is 0 Å². The summed E-state index contributed by atoms with van der Waals surface area (Å²) in [5, 5.41) is 3.42. The fourth-order valence-corrected chi connectivity index (χ4v) is 3.22. The second kappa shape index (κ2) is 6.04. The van der Waals surface area contributed by atoms with Crippen LogP contribution in [0.2, 0.25) is 0 Å². The fraction of sp³-hybridized carbons (Fsp3) is 0.647. The SMILES string of the molecule is CCCCOc1cccc2c1CCC1(CCNCC1)O2. The maximum atomic E-state index is 6.39. The Kier molecular flexibility index (Phi) is 4.16. The van der Waals surface area contributed by atoms with Gasteiger partial charge in [0.05, 0.1) is 6.61 Å². The molecule has 0 unspecified atom stereocenters. The van der Waals surface area contributed by atoms with E-state index in [1.165, 1.54) is 12.0 Å². The van der Waals surface area contributed by atoms with Gasteiger partial charge in [0.1, 0.15) is 17.1 Å². The fourth-order valence-electron chi connectivity index (χ4n) is 3.22. The minimum absolute atomic E-state index is 0.0697. The molecular formula is C17H25NO2. The van der Waals surface area contributed by atoms with E-state index < -0.39 is 0 Å². The highest BCUT2D eigenvalue weighted by Gasteiger charge is 2.38. The maximum absolute atomic E-state index is 6.39. The van der Waals surface area contributed by atoms with Crippen molar-refractivity contribution in [3.05, 3.63) is 23.8 Å². The minimum atomic E-state index is 0.0697. The Morgan fingerprint density at radius 2 is 2.10 bits per heavy atom. The van der Waals surface area contributed by atoms with Gasteiger partial charge in [0.25, 0.3) is 0 Å². The van der Waals surface area contributed by atoms with Crippen molar-refractivity contribution < 1.29 is 9.47 Å². The third kappa shape index (κ3) is 2.78. The van der Waals surface area contributed by atoms with E-state index in [0.29, 0.717) is 0 Å². The van der Waals surface area contributed by atoms with Crippen LogP contribution in [-0.2, 0) is 6.42 Å². The lowest BCUT2D eigenvalue weighted by molar-refractivity contribution is 0.0162. The molecular weight excluding hydrogens is 250 g/mol. The van der Waals surface area contributed by atoms with Crippen LogP contribution in [0, 0.1) is 0 Å². The number of ether oxygens (including phenoxy) is 2. The summed E-state index contributed by atoms with van der Waals surface area (Å²) in [4.78, 5) is 0. The van der Waals surface area contributed by atoms with Crippen LogP contribution in [0.5, 0.6) is 11.5 Å². The molecule has 3 rings (SSSR count). The van der Waals surface area contributed by atoms with Crippen LogP contribution in [0.1, 0.15) is 44.6 Å². The van der Waals surface area contributed by atoms with Gasteiger partial charge in [-0.15, -0.1) is 0 Å². The van der Waals surface area contributed by atoms with Crippen LogP contribution in [0.3, 0.4) is 0 Å². The Bertz CT molecular complexity index is 452. The Morgan fingerprint density at radius 1 is 1.25 bits per heavy atom. The zero-order valence-corrected chi connectivity index (χ0v) is 12.4. The largest absolute Gasteiger partial charge is 0.493 e. The number of piperidine rings is 1. The lowest BCUT2D eigenvalue weighted by Gasteiger charge is -2.42. The minimum Gasteiger partial charge on any atom is -0.493 e. The van der Waals surface area contributed by atoms with Crippen molar-refractivity contribution in [3.8, 4) is 11.5 Å². The Labute approximate surface area is 121 Å². The topological polar surface area (TPSA) is 30.5 Å². The van der Waals surface area contributed by atoms with Gasteiger partial charge in [0, 0.05) is 5.56 Å². The van der Waals surface area contributed by atoms with E-state index >= 15 is 0 Å². The van der Waals surface area contributed by atoms with Gasteiger partial charge in [-0.3, -0.25) is 0 Å². The third-order valence-electron chi connectivity index (χ3n) is 4.52. The second-order valence-corrected chi connectivity index (χ2v) is 5.97. The van der Waals surface area contributed by atoms with E-state index in [-0.39, 0.29) is 5.60 Å². The van der Waals surface area contributed by atoms with Gasteiger partial charge in [-0.2, -0.15) is 0 Å². The van der Waals surface area contributed by atoms with Crippen molar-refractivity contribution in [3.63, 3.8) is 0 Å². The average Bonchev–Trinajstić information content (AvgIpc) is 2.48. The molecule has 3 nitrogen and oxygen atoms in total. The second-order valence-electron chi connectivity index (χ2n) is 5.97. The highest BCUT2D eigenvalue weighted by molar-refractivity contribution is 5.46. The van der Waals surface area contributed by atoms with Gasteiger partial charge in [-0.1, -0.05) is 19.4 Å². The van der Waals surface area contributed by atoms with Crippen molar-refractivity contribution >= 4 is 0 Å². The van der Waals surface area contributed by atoms with Crippen LogP contribution < -0.4 is 14.8 Å². The predicted octanol–water partition coefficient (Wildman–Crippen LogP) is 3.31. The van der Waals surface area contributed by atoms with E-state index in [2.05, 4.69) is 30.4 Å². The van der Waals surface area contributed by atoms with Crippen LogP contribution >= 0.6 is 0 Å². The molecule has 1 aromatic carbocycles. The Morgan fingerprint density at radius 3 is 2.90 bits per heavy atom. The molecule has 0 aliphatic carbocycles. The summed E-state index contributed by atoms with van der Waals surface area (Å²) in [5.74, 6) is 2.08. The van der Waals surface area contributed by atoms with Crippen LogP contribution in [0.15, 0.2) is 18.2 Å². The molecule has 1 fully saturated rings. The first kappa shape index (κ1) is 13.7. The highest BCUT2D eigenvalue weighted by Crippen LogP contribution is 2.41. The molecule has 1 spiro atoms. The Balaban J connectivity index is 1.75. The van der Waals surface area contributed by atoms with Crippen molar-refractivity contribution in [2.75, 3.05) is 19.7 Å². The number of hydrogen-bond donors (Lipinski definition) is 1. The summed E-state index contributed by atoms with van der Waals surface area (Å²) >= 11 is 0. The molecule has 0 aromatic heterocycles. The van der Waals surface area contributed by atoms with Gasteiger partial charge in [-0.05, 0) is 57.3 Å². The molecule has 2 heterocycles. The van der Waals surface area contributed by atoms with Crippen LogP contribution in [0.4, 0.5) is 0 Å². The molecule has 2 aliphatic heterocycles. The van der Waals surface area contributed by atoms with Gasteiger partial charge in [-0.25, -0.2) is 0 Å². The first-order valence-corrected chi connectivity index (χ1v) is 7.97. The molecule has 2 aliphatic rings. The normalized spacial score (nSPS) is 20.2. The number of hydrogen-bond acceptors (Lipinski definition) is 3. The summed E-state index contributed by atoms with van der Waals surface area (Å²) in [7, 11) is 0. The smallest absolute Gasteiger partial charge is 0.127 e. The van der Waals surface area contributed by atoms with E-state index in [1.807, 2.05) is 0 Å². The average molecular weight is 275 g/mol. The van der Waals surface area contributed by atoms with Gasteiger partial charge < -0.3 is 14.8 Å². The van der Waals surface area contributed by atoms with Crippen LogP contribution in [0.25, 0.3) is 0 Å². The number of unbranched alkanes of at least 4 members (excludes halogenated alkanes) is 1. The molecule has 110 valence electrons. The number of nitrogens with one attached hydrogen (secondary N) is 1. The molecule has 20 heavy (non-hydrogen) atoms. The number of rotatable bonds is 4. The molecule has 1 aromatic rings.